The van der Waals surface area contributed by atoms with Gasteiger partial charge in [-0.25, -0.2) is 9.97 Å². The first-order valence-corrected chi connectivity index (χ1v) is 14.0. The monoisotopic (exact) mass is 564 g/mol. The molecule has 5 aromatic rings. The Morgan fingerprint density at radius 3 is 2.63 bits per heavy atom. The number of H-pyrrole nitrogens is 1. The van der Waals surface area contributed by atoms with E-state index in [2.05, 4.69) is 30.8 Å². The fourth-order valence-electron chi connectivity index (χ4n) is 4.65. The number of thiophene rings is 1. The zero-order valence-electron chi connectivity index (χ0n) is 23.1. The van der Waals surface area contributed by atoms with E-state index in [-0.39, 0.29) is 17.1 Å². The molecule has 1 aliphatic heterocycles. The van der Waals surface area contributed by atoms with Crippen LogP contribution in [0.25, 0.3) is 32.7 Å². The van der Waals surface area contributed by atoms with E-state index >= 15 is 0 Å². The van der Waals surface area contributed by atoms with Gasteiger partial charge in [0.15, 0.2) is 17.3 Å². The van der Waals surface area contributed by atoms with E-state index in [0.29, 0.717) is 46.5 Å². The molecule has 0 saturated carbocycles. The zero-order chi connectivity index (χ0) is 28.7. The number of hydrogen-bond donors (Lipinski definition) is 3. The molecule has 0 radical (unpaired) electrons. The van der Waals surface area contributed by atoms with Gasteiger partial charge in [0, 0.05) is 40.4 Å². The molecule has 1 amide bonds. The van der Waals surface area contributed by atoms with Gasteiger partial charge in [-0.2, -0.15) is 5.10 Å². The smallest absolute Gasteiger partial charge is 0.224 e. The maximum Gasteiger partial charge on any atom is 0.224 e. The van der Waals surface area contributed by atoms with E-state index in [0.717, 1.165) is 32.6 Å². The molecule has 6 rings (SSSR count). The number of carbonyl (C=O) groups excluding carboxylic acids is 2. The first-order chi connectivity index (χ1) is 19.6. The Morgan fingerprint density at radius 2 is 1.85 bits per heavy atom. The molecule has 206 valence electrons. The van der Waals surface area contributed by atoms with Crippen molar-refractivity contribution in [3.63, 3.8) is 0 Å². The summed E-state index contributed by atoms with van der Waals surface area (Å²) in [6, 6.07) is 9.56. The lowest BCUT2D eigenvalue weighted by Gasteiger charge is -2.18. The Balaban J connectivity index is 1.34. The number of imidazole rings is 1. The summed E-state index contributed by atoms with van der Waals surface area (Å²) in [5.41, 5.74) is 9.64. The van der Waals surface area contributed by atoms with E-state index in [1.165, 1.54) is 11.3 Å². The van der Waals surface area contributed by atoms with Crippen molar-refractivity contribution in [2.24, 2.45) is 10.5 Å². The third-order valence-electron chi connectivity index (χ3n) is 6.51. The predicted octanol–water partition coefficient (Wildman–Crippen LogP) is 5.58. The molecule has 6 heterocycles. The molecular formula is C30H28N8O2S. The summed E-state index contributed by atoms with van der Waals surface area (Å²) in [5, 5.41) is 7.51. The topological polar surface area (TPSA) is 138 Å². The number of ketones is 1. The summed E-state index contributed by atoms with van der Waals surface area (Å²) in [7, 11) is 0. The molecule has 3 N–H and O–H groups in total. The summed E-state index contributed by atoms with van der Waals surface area (Å²) in [6.45, 7) is 8.17. The van der Waals surface area contributed by atoms with Crippen LogP contribution in [0.3, 0.4) is 0 Å². The Labute approximate surface area is 240 Å². The number of nitrogens with one attached hydrogen (secondary N) is 3. The van der Waals surface area contributed by atoms with Crippen molar-refractivity contribution >= 4 is 45.5 Å². The highest BCUT2D eigenvalue weighted by Crippen LogP contribution is 2.33. The number of hydrogen-bond acceptors (Lipinski definition) is 9. The molecule has 0 atom stereocenters. The Hall–Kier alpha value is -4.77. The molecule has 10 nitrogen and oxygen atoms in total. The number of rotatable bonds is 6. The van der Waals surface area contributed by atoms with Crippen LogP contribution in [0.4, 0.5) is 5.69 Å². The average Bonchev–Trinajstić information content (AvgIpc) is 3.59. The van der Waals surface area contributed by atoms with Gasteiger partial charge in [-0.3, -0.25) is 19.6 Å². The number of anilines is 1. The van der Waals surface area contributed by atoms with E-state index in [1.54, 1.807) is 31.7 Å². The van der Waals surface area contributed by atoms with E-state index in [1.807, 2.05) is 51.1 Å². The highest BCUT2D eigenvalue weighted by atomic mass is 32.1. The van der Waals surface area contributed by atoms with Gasteiger partial charge in [0.25, 0.3) is 0 Å². The second-order valence-corrected chi connectivity index (χ2v) is 12.2. The van der Waals surface area contributed by atoms with Crippen LogP contribution in [0.2, 0.25) is 0 Å². The van der Waals surface area contributed by atoms with Crippen LogP contribution in [-0.4, -0.2) is 42.3 Å². The van der Waals surface area contributed by atoms with Gasteiger partial charge in [-0.05, 0) is 36.6 Å². The number of aromatic nitrogens is 5. The van der Waals surface area contributed by atoms with Gasteiger partial charge in [0.05, 0.1) is 46.4 Å². The van der Waals surface area contributed by atoms with Crippen molar-refractivity contribution in [3.8, 4) is 21.7 Å². The average molecular weight is 565 g/mol. The standard InChI is InChI=1S/C30H28N8O2S/c1-16(39)23-7-8-24(41-23)20-14-32-15-22-27(20)37-29(36-22)28-26-17(12-33-38-28)5-6-21(35-26)18-9-19(13-31-11-18)34-25(40)10-30(2,3)4/h5-9,11,13-15,33H,10,12H2,1-4H3,(H,34,40)(H,36,37). The molecule has 5 aromatic heterocycles. The summed E-state index contributed by atoms with van der Waals surface area (Å²) in [6.07, 6.45) is 7.24. The molecule has 0 unspecified atom stereocenters. The van der Waals surface area contributed by atoms with Crippen molar-refractivity contribution in [2.75, 3.05) is 5.32 Å². The van der Waals surface area contributed by atoms with Gasteiger partial charge >= 0.3 is 0 Å². The summed E-state index contributed by atoms with van der Waals surface area (Å²) in [5.74, 6) is 0.518. The van der Waals surface area contributed by atoms with Crippen LogP contribution in [0, 0.1) is 5.41 Å². The van der Waals surface area contributed by atoms with Crippen LogP contribution in [0.1, 0.15) is 60.9 Å². The molecule has 41 heavy (non-hydrogen) atoms. The van der Waals surface area contributed by atoms with Crippen molar-refractivity contribution < 1.29 is 9.59 Å². The Morgan fingerprint density at radius 1 is 1.02 bits per heavy atom. The number of fused-ring (bicyclic) bond motifs is 2. The normalized spacial score (nSPS) is 12.9. The van der Waals surface area contributed by atoms with E-state index < -0.39 is 0 Å². The van der Waals surface area contributed by atoms with Crippen LogP contribution >= 0.6 is 11.3 Å². The van der Waals surface area contributed by atoms with Crippen molar-refractivity contribution in [1.82, 2.24) is 30.3 Å². The fraction of sp³-hybridized carbons (Fsp3) is 0.233. The molecule has 0 aromatic carbocycles. The summed E-state index contributed by atoms with van der Waals surface area (Å²) >= 11 is 1.42. The lowest BCUT2D eigenvalue weighted by molar-refractivity contribution is -0.117. The minimum absolute atomic E-state index is 0.0262. The number of hydrazone groups is 1. The van der Waals surface area contributed by atoms with Gasteiger partial charge in [-0.1, -0.05) is 26.8 Å². The largest absolute Gasteiger partial charge is 0.335 e. The second-order valence-electron chi connectivity index (χ2n) is 11.1. The zero-order valence-corrected chi connectivity index (χ0v) is 23.9. The van der Waals surface area contributed by atoms with Gasteiger partial charge in [0.2, 0.25) is 5.91 Å². The SMILES string of the molecule is CC(=O)c1ccc(-c2cncc3[nH]c(C4=NNCc5ccc(-c6cncc(NC(=O)CC(C)(C)C)c6)nc54)nc23)s1. The highest BCUT2D eigenvalue weighted by Gasteiger charge is 2.23. The number of carbonyl (C=O) groups is 2. The number of aromatic amines is 1. The molecule has 0 bridgehead atoms. The molecule has 1 aliphatic rings. The minimum Gasteiger partial charge on any atom is -0.335 e. The van der Waals surface area contributed by atoms with Gasteiger partial charge < -0.3 is 15.7 Å². The minimum atomic E-state index is -0.117. The first-order valence-electron chi connectivity index (χ1n) is 13.2. The molecule has 0 fully saturated rings. The van der Waals surface area contributed by atoms with Crippen LogP contribution < -0.4 is 10.7 Å². The lowest BCUT2D eigenvalue weighted by Crippen LogP contribution is -2.23. The fourth-order valence-corrected chi connectivity index (χ4v) is 5.56. The quantitative estimate of drug-likeness (QED) is 0.229. The van der Waals surface area contributed by atoms with Crippen molar-refractivity contribution in [1.29, 1.82) is 0 Å². The molecular weight excluding hydrogens is 536 g/mol. The maximum absolute atomic E-state index is 12.5. The third kappa shape index (κ3) is 5.48. The Kier molecular flexibility index (Phi) is 6.66. The summed E-state index contributed by atoms with van der Waals surface area (Å²) in [4.78, 5) is 47.9. The third-order valence-corrected chi connectivity index (χ3v) is 7.73. The predicted molar refractivity (Wildman–Crippen MR) is 160 cm³/mol. The van der Waals surface area contributed by atoms with Crippen molar-refractivity contribution in [2.45, 2.75) is 40.7 Å². The number of amides is 1. The van der Waals surface area contributed by atoms with Gasteiger partial charge in [0.1, 0.15) is 5.52 Å². The number of nitrogens with zero attached hydrogens (tertiary/aromatic N) is 5. The Bertz CT molecular complexity index is 1850. The highest BCUT2D eigenvalue weighted by molar-refractivity contribution is 7.17. The van der Waals surface area contributed by atoms with E-state index in [4.69, 9.17) is 9.97 Å². The summed E-state index contributed by atoms with van der Waals surface area (Å²) < 4.78 is 0. The van der Waals surface area contributed by atoms with E-state index in [9.17, 15) is 9.59 Å². The molecule has 0 aliphatic carbocycles. The van der Waals surface area contributed by atoms with Crippen LogP contribution in [0.15, 0.2) is 60.2 Å². The van der Waals surface area contributed by atoms with Crippen molar-refractivity contribution in [3.05, 3.63) is 77.1 Å². The molecule has 0 spiro atoms. The van der Waals surface area contributed by atoms with Crippen LogP contribution in [0.5, 0.6) is 0 Å². The first kappa shape index (κ1) is 26.5. The maximum atomic E-state index is 12.5. The lowest BCUT2D eigenvalue weighted by atomic mass is 9.92. The van der Waals surface area contributed by atoms with Crippen LogP contribution in [-0.2, 0) is 11.3 Å². The molecule has 11 heteroatoms. The number of Topliss-reactive ketones (excluding diaryl/α,β-unsaturated/α-hetero) is 1. The number of pyridine rings is 3. The molecule has 0 saturated heterocycles. The second kappa shape index (κ2) is 10.3. The van der Waals surface area contributed by atoms with Gasteiger partial charge in [-0.15, -0.1) is 11.3 Å².